The van der Waals surface area contributed by atoms with Crippen LogP contribution in [0.4, 0.5) is 11.5 Å². The van der Waals surface area contributed by atoms with Gasteiger partial charge in [-0.25, -0.2) is 4.68 Å². The topological polar surface area (TPSA) is 85.0 Å². The Morgan fingerprint density at radius 1 is 1.65 bits per heavy atom. The minimum Gasteiger partial charge on any atom is -0.362 e. The first-order chi connectivity index (χ1) is 9.54. The third-order valence-electron chi connectivity index (χ3n) is 4.02. The largest absolute Gasteiger partial charge is 0.362 e. The SMILES string of the molecule is CCc1nn(C)c(NC(C)C2CCCNC2)c1[N+](=O)[O-]. The summed E-state index contributed by atoms with van der Waals surface area (Å²) in [6, 6.07) is 0.182. The number of nitrogens with zero attached hydrogens (tertiary/aromatic N) is 3. The molecule has 2 N–H and O–H groups in total. The zero-order valence-corrected chi connectivity index (χ0v) is 12.3. The first kappa shape index (κ1) is 14.8. The molecule has 0 saturated carbocycles. The molecule has 0 amide bonds. The van der Waals surface area contributed by atoms with Crippen LogP contribution in [-0.4, -0.2) is 33.8 Å². The van der Waals surface area contributed by atoms with Gasteiger partial charge in [0.1, 0.15) is 5.69 Å². The summed E-state index contributed by atoms with van der Waals surface area (Å²) in [7, 11) is 1.75. The highest BCUT2D eigenvalue weighted by Crippen LogP contribution is 2.30. The Bertz CT molecular complexity index is 479. The standard InChI is InChI=1S/C13H23N5O2/c1-4-11-12(18(19)20)13(17(3)16-11)15-9(2)10-6-5-7-14-8-10/h9-10,14-15H,4-8H2,1-3H3. The lowest BCUT2D eigenvalue weighted by molar-refractivity contribution is -0.384. The van der Waals surface area contributed by atoms with Crippen molar-refractivity contribution in [1.82, 2.24) is 15.1 Å². The minimum atomic E-state index is -0.333. The molecule has 1 saturated heterocycles. The molecule has 1 aliphatic rings. The highest BCUT2D eigenvalue weighted by Gasteiger charge is 2.28. The molecule has 1 aromatic heterocycles. The summed E-state index contributed by atoms with van der Waals surface area (Å²) in [4.78, 5) is 10.9. The average molecular weight is 281 g/mol. The maximum atomic E-state index is 11.3. The zero-order chi connectivity index (χ0) is 14.7. The molecule has 0 radical (unpaired) electrons. The average Bonchev–Trinajstić information content (AvgIpc) is 2.76. The Morgan fingerprint density at radius 3 is 2.95 bits per heavy atom. The van der Waals surface area contributed by atoms with Gasteiger partial charge in [0.25, 0.3) is 0 Å². The first-order valence-corrected chi connectivity index (χ1v) is 7.22. The van der Waals surface area contributed by atoms with Crippen LogP contribution in [0.25, 0.3) is 0 Å². The van der Waals surface area contributed by atoms with E-state index >= 15 is 0 Å². The number of rotatable bonds is 5. The predicted molar refractivity (Wildman–Crippen MR) is 77.9 cm³/mol. The van der Waals surface area contributed by atoms with Crippen LogP contribution in [0.5, 0.6) is 0 Å². The number of piperidine rings is 1. The van der Waals surface area contributed by atoms with Gasteiger partial charge in [0, 0.05) is 13.1 Å². The fraction of sp³-hybridized carbons (Fsp3) is 0.769. The Morgan fingerprint density at radius 2 is 2.40 bits per heavy atom. The van der Waals surface area contributed by atoms with Crippen molar-refractivity contribution in [2.24, 2.45) is 13.0 Å². The van der Waals surface area contributed by atoms with Crippen molar-refractivity contribution in [3.8, 4) is 0 Å². The van der Waals surface area contributed by atoms with Gasteiger partial charge >= 0.3 is 5.69 Å². The Hall–Kier alpha value is -1.63. The van der Waals surface area contributed by atoms with E-state index in [1.807, 2.05) is 6.92 Å². The fourth-order valence-corrected chi connectivity index (χ4v) is 2.80. The Balaban J connectivity index is 2.19. The van der Waals surface area contributed by atoms with E-state index in [2.05, 4.69) is 22.7 Å². The summed E-state index contributed by atoms with van der Waals surface area (Å²) in [5.74, 6) is 1.01. The molecule has 1 aliphatic heterocycles. The molecule has 0 bridgehead atoms. The number of anilines is 1. The number of aryl methyl sites for hydroxylation is 2. The quantitative estimate of drug-likeness (QED) is 0.633. The lowest BCUT2D eigenvalue weighted by atomic mass is 9.93. The summed E-state index contributed by atoms with van der Waals surface area (Å²) in [6.45, 7) is 5.99. The molecule has 1 fully saturated rings. The van der Waals surface area contributed by atoms with E-state index in [1.165, 1.54) is 0 Å². The van der Waals surface area contributed by atoms with Crippen LogP contribution in [-0.2, 0) is 13.5 Å². The van der Waals surface area contributed by atoms with E-state index in [-0.39, 0.29) is 16.7 Å². The van der Waals surface area contributed by atoms with Crippen LogP contribution in [0.2, 0.25) is 0 Å². The van der Waals surface area contributed by atoms with Gasteiger partial charge in [0.05, 0.1) is 4.92 Å². The third kappa shape index (κ3) is 2.92. The predicted octanol–water partition coefficient (Wildman–Crippen LogP) is 1.69. The lowest BCUT2D eigenvalue weighted by Gasteiger charge is -2.29. The third-order valence-corrected chi connectivity index (χ3v) is 4.02. The van der Waals surface area contributed by atoms with Gasteiger partial charge in [-0.15, -0.1) is 0 Å². The van der Waals surface area contributed by atoms with Crippen LogP contribution in [0.1, 0.15) is 32.4 Å². The summed E-state index contributed by atoms with van der Waals surface area (Å²) < 4.78 is 1.59. The monoisotopic (exact) mass is 281 g/mol. The van der Waals surface area contributed by atoms with Gasteiger partial charge in [-0.2, -0.15) is 5.10 Å². The highest BCUT2D eigenvalue weighted by atomic mass is 16.6. The van der Waals surface area contributed by atoms with E-state index in [0.29, 0.717) is 23.9 Å². The van der Waals surface area contributed by atoms with E-state index in [1.54, 1.807) is 11.7 Å². The van der Waals surface area contributed by atoms with Crippen LogP contribution < -0.4 is 10.6 Å². The fourth-order valence-electron chi connectivity index (χ4n) is 2.80. The van der Waals surface area contributed by atoms with Crippen molar-refractivity contribution in [2.45, 2.75) is 39.2 Å². The van der Waals surface area contributed by atoms with Gasteiger partial charge < -0.3 is 10.6 Å². The van der Waals surface area contributed by atoms with Gasteiger partial charge in [-0.3, -0.25) is 10.1 Å². The van der Waals surface area contributed by atoms with Crippen LogP contribution in [0.15, 0.2) is 0 Å². The number of hydrogen-bond donors (Lipinski definition) is 2. The Kier molecular flexibility index (Phi) is 4.59. The van der Waals surface area contributed by atoms with Crippen LogP contribution >= 0.6 is 0 Å². The van der Waals surface area contributed by atoms with E-state index in [0.717, 1.165) is 25.9 Å². The van der Waals surface area contributed by atoms with Gasteiger partial charge in [0.2, 0.25) is 5.82 Å². The number of nitro groups is 1. The summed E-state index contributed by atoms with van der Waals surface area (Å²) in [5.41, 5.74) is 0.652. The van der Waals surface area contributed by atoms with Crippen molar-refractivity contribution in [2.75, 3.05) is 18.4 Å². The molecule has 0 spiro atoms. The van der Waals surface area contributed by atoms with E-state index in [9.17, 15) is 10.1 Å². The Labute approximate surface area is 118 Å². The number of aromatic nitrogens is 2. The second kappa shape index (κ2) is 6.21. The lowest BCUT2D eigenvalue weighted by Crippen LogP contribution is -2.39. The molecule has 2 rings (SSSR count). The summed E-state index contributed by atoms with van der Waals surface area (Å²) in [6.07, 6.45) is 2.86. The number of hydrogen-bond acceptors (Lipinski definition) is 5. The van der Waals surface area contributed by atoms with Gasteiger partial charge in [-0.1, -0.05) is 6.92 Å². The van der Waals surface area contributed by atoms with Gasteiger partial charge in [0.15, 0.2) is 0 Å². The smallest absolute Gasteiger partial charge is 0.333 e. The molecule has 2 atom stereocenters. The molecular weight excluding hydrogens is 258 g/mol. The molecule has 7 heteroatoms. The molecule has 112 valence electrons. The highest BCUT2D eigenvalue weighted by molar-refractivity contribution is 5.60. The number of nitrogens with one attached hydrogen (secondary N) is 2. The van der Waals surface area contributed by atoms with Crippen molar-refractivity contribution in [1.29, 1.82) is 0 Å². The van der Waals surface area contributed by atoms with Crippen LogP contribution in [0.3, 0.4) is 0 Å². The van der Waals surface area contributed by atoms with E-state index in [4.69, 9.17) is 0 Å². The van der Waals surface area contributed by atoms with Crippen molar-refractivity contribution in [3.05, 3.63) is 15.8 Å². The van der Waals surface area contributed by atoms with Gasteiger partial charge in [-0.05, 0) is 45.2 Å². The first-order valence-electron chi connectivity index (χ1n) is 7.22. The second-order valence-electron chi connectivity index (χ2n) is 5.42. The summed E-state index contributed by atoms with van der Waals surface area (Å²) in [5, 5.41) is 22.2. The molecule has 7 nitrogen and oxygen atoms in total. The molecular formula is C13H23N5O2. The minimum absolute atomic E-state index is 0.116. The maximum absolute atomic E-state index is 11.3. The molecule has 2 unspecified atom stereocenters. The molecule has 1 aromatic rings. The zero-order valence-electron chi connectivity index (χ0n) is 12.3. The van der Waals surface area contributed by atoms with Crippen molar-refractivity contribution in [3.63, 3.8) is 0 Å². The van der Waals surface area contributed by atoms with Crippen molar-refractivity contribution < 1.29 is 4.92 Å². The maximum Gasteiger partial charge on any atom is 0.333 e. The summed E-state index contributed by atoms with van der Waals surface area (Å²) >= 11 is 0. The van der Waals surface area contributed by atoms with Crippen molar-refractivity contribution >= 4 is 11.5 Å². The normalized spacial score (nSPS) is 20.6. The van der Waals surface area contributed by atoms with E-state index < -0.39 is 0 Å². The molecule has 0 aromatic carbocycles. The second-order valence-corrected chi connectivity index (χ2v) is 5.42. The van der Waals surface area contributed by atoms with Crippen LogP contribution in [0, 0.1) is 16.0 Å². The molecule has 0 aliphatic carbocycles. The molecule has 20 heavy (non-hydrogen) atoms. The molecule has 2 heterocycles.